The highest BCUT2D eigenvalue weighted by Gasteiger charge is 2.26. The Morgan fingerprint density at radius 2 is 2.11 bits per heavy atom. The number of aliphatic hydroxyl groups is 1. The van der Waals surface area contributed by atoms with Crippen LogP contribution in [0.1, 0.15) is 54.0 Å². The van der Waals surface area contributed by atoms with Crippen molar-refractivity contribution in [2.75, 3.05) is 6.61 Å². The summed E-state index contributed by atoms with van der Waals surface area (Å²) in [5.74, 6) is 1.16. The summed E-state index contributed by atoms with van der Waals surface area (Å²) in [5, 5.41) is 12.5. The first-order valence-corrected chi connectivity index (χ1v) is 7.10. The molecule has 2 N–H and O–H groups in total. The molecular formula is C15H23NO3. The molecule has 4 nitrogen and oxygen atoms in total. The average molecular weight is 265 g/mol. The lowest BCUT2D eigenvalue weighted by molar-refractivity contribution is 0.0870. The third kappa shape index (κ3) is 3.38. The summed E-state index contributed by atoms with van der Waals surface area (Å²) in [4.78, 5) is 12.2. The molecule has 1 aromatic rings. The Bertz CT molecular complexity index is 419. The van der Waals surface area contributed by atoms with Gasteiger partial charge < -0.3 is 14.8 Å². The minimum Gasteiger partial charge on any atom is -0.456 e. The number of amides is 1. The van der Waals surface area contributed by atoms with Gasteiger partial charge in [-0.2, -0.15) is 0 Å². The van der Waals surface area contributed by atoms with E-state index in [9.17, 15) is 9.90 Å². The van der Waals surface area contributed by atoms with Gasteiger partial charge >= 0.3 is 0 Å². The third-order valence-corrected chi connectivity index (χ3v) is 4.10. The average Bonchev–Trinajstić information content (AvgIpc) is 2.62. The van der Waals surface area contributed by atoms with Crippen molar-refractivity contribution in [1.29, 1.82) is 0 Å². The number of carbonyl (C=O) groups excluding carboxylic acids is 1. The Kier molecular flexibility index (Phi) is 4.64. The highest BCUT2D eigenvalue weighted by molar-refractivity contribution is 5.92. The number of nitrogens with one attached hydrogen (secondary N) is 1. The van der Waals surface area contributed by atoms with Crippen molar-refractivity contribution in [2.24, 2.45) is 5.92 Å². The van der Waals surface area contributed by atoms with E-state index in [1.807, 2.05) is 13.8 Å². The van der Waals surface area contributed by atoms with Crippen LogP contribution in [0.4, 0.5) is 0 Å². The van der Waals surface area contributed by atoms with Gasteiger partial charge in [0.05, 0.1) is 0 Å². The highest BCUT2D eigenvalue weighted by atomic mass is 16.3. The maximum absolute atomic E-state index is 12.2. The normalized spacial score (nSPS) is 23.9. The Morgan fingerprint density at radius 1 is 1.37 bits per heavy atom. The van der Waals surface area contributed by atoms with Crippen LogP contribution < -0.4 is 5.32 Å². The molecule has 4 heteroatoms. The monoisotopic (exact) mass is 265 g/mol. The number of hydrogen-bond acceptors (Lipinski definition) is 3. The van der Waals surface area contributed by atoms with Gasteiger partial charge in [-0.3, -0.25) is 4.79 Å². The van der Waals surface area contributed by atoms with E-state index in [0.29, 0.717) is 5.76 Å². The second kappa shape index (κ2) is 6.24. The van der Waals surface area contributed by atoms with E-state index >= 15 is 0 Å². The summed E-state index contributed by atoms with van der Waals surface area (Å²) < 4.78 is 5.44. The SMILES string of the molecule is Cc1cc(C(=O)NC2CCCCCC2CO)oc1C. The van der Waals surface area contributed by atoms with Crippen LogP contribution in [0.15, 0.2) is 10.5 Å². The Labute approximate surface area is 114 Å². The van der Waals surface area contributed by atoms with Crippen molar-refractivity contribution in [3.05, 3.63) is 23.2 Å². The second-order valence-corrected chi connectivity index (χ2v) is 5.51. The molecule has 2 rings (SSSR count). The lowest BCUT2D eigenvalue weighted by Gasteiger charge is -2.23. The molecule has 1 aromatic heterocycles. The van der Waals surface area contributed by atoms with E-state index in [-0.39, 0.29) is 24.5 Å². The van der Waals surface area contributed by atoms with Crippen molar-refractivity contribution < 1.29 is 14.3 Å². The Morgan fingerprint density at radius 3 is 2.74 bits per heavy atom. The molecule has 2 atom stereocenters. The maximum Gasteiger partial charge on any atom is 0.287 e. The van der Waals surface area contributed by atoms with Crippen LogP contribution in [0.25, 0.3) is 0 Å². The van der Waals surface area contributed by atoms with Crippen LogP contribution in [0, 0.1) is 19.8 Å². The number of furan rings is 1. The molecule has 1 aliphatic rings. The van der Waals surface area contributed by atoms with Crippen molar-refractivity contribution >= 4 is 5.91 Å². The van der Waals surface area contributed by atoms with E-state index in [2.05, 4.69) is 5.32 Å². The van der Waals surface area contributed by atoms with Crippen LogP contribution >= 0.6 is 0 Å². The molecule has 1 fully saturated rings. The molecule has 1 aliphatic carbocycles. The van der Waals surface area contributed by atoms with Crippen LogP contribution in [0.5, 0.6) is 0 Å². The molecule has 1 amide bonds. The van der Waals surface area contributed by atoms with Crippen molar-refractivity contribution in [2.45, 2.75) is 52.0 Å². The largest absolute Gasteiger partial charge is 0.456 e. The molecule has 1 saturated carbocycles. The van der Waals surface area contributed by atoms with E-state index in [0.717, 1.165) is 37.0 Å². The van der Waals surface area contributed by atoms with Crippen molar-refractivity contribution in [3.8, 4) is 0 Å². The number of hydrogen-bond donors (Lipinski definition) is 2. The molecule has 0 bridgehead atoms. The first kappa shape index (κ1) is 14.1. The molecule has 106 valence electrons. The molecular weight excluding hydrogens is 242 g/mol. The molecule has 0 spiro atoms. The van der Waals surface area contributed by atoms with Gasteiger partial charge in [-0.05, 0) is 38.3 Å². The van der Waals surface area contributed by atoms with Gasteiger partial charge in [0.15, 0.2) is 5.76 Å². The summed E-state index contributed by atoms with van der Waals surface area (Å²) in [6.07, 6.45) is 5.35. The van der Waals surface area contributed by atoms with Gasteiger partial charge in [0.25, 0.3) is 5.91 Å². The van der Waals surface area contributed by atoms with Gasteiger partial charge in [-0.25, -0.2) is 0 Å². The summed E-state index contributed by atoms with van der Waals surface area (Å²) >= 11 is 0. The van der Waals surface area contributed by atoms with Crippen LogP contribution in [-0.4, -0.2) is 23.7 Å². The number of carbonyl (C=O) groups is 1. The highest BCUT2D eigenvalue weighted by Crippen LogP contribution is 2.24. The van der Waals surface area contributed by atoms with E-state index < -0.39 is 0 Å². The van der Waals surface area contributed by atoms with E-state index in [4.69, 9.17) is 4.42 Å². The fraction of sp³-hybridized carbons (Fsp3) is 0.667. The van der Waals surface area contributed by atoms with Gasteiger partial charge in [0.1, 0.15) is 5.76 Å². The maximum atomic E-state index is 12.2. The zero-order valence-electron chi connectivity index (χ0n) is 11.7. The predicted molar refractivity (Wildman–Crippen MR) is 73.1 cm³/mol. The standard InChI is InChI=1S/C15H23NO3/c1-10-8-14(19-11(10)2)15(18)16-13-7-5-3-4-6-12(13)9-17/h8,12-13,17H,3-7,9H2,1-2H3,(H,16,18). The first-order chi connectivity index (χ1) is 9.11. The number of aliphatic hydroxyl groups excluding tert-OH is 1. The lowest BCUT2D eigenvalue weighted by Crippen LogP contribution is -2.41. The zero-order valence-corrected chi connectivity index (χ0v) is 11.7. The lowest BCUT2D eigenvalue weighted by atomic mass is 9.95. The van der Waals surface area contributed by atoms with Gasteiger partial charge in [-0.1, -0.05) is 19.3 Å². The van der Waals surface area contributed by atoms with Crippen LogP contribution in [0.2, 0.25) is 0 Å². The second-order valence-electron chi connectivity index (χ2n) is 5.51. The van der Waals surface area contributed by atoms with Crippen molar-refractivity contribution in [1.82, 2.24) is 5.32 Å². The number of rotatable bonds is 3. The quantitative estimate of drug-likeness (QED) is 0.826. The third-order valence-electron chi connectivity index (χ3n) is 4.10. The van der Waals surface area contributed by atoms with Crippen LogP contribution in [-0.2, 0) is 0 Å². The Hall–Kier alpha value is -1.29. The predicted octanol–water partition coefficient (Wildman–Crippen LogP) is 2.57. The zero-order chi connectivity index (χ0) is 13.8. The van der Waals surface area contributed by atoms with E-state index in [1.54, 1.807) is 6.07 Å². The van der Waals surface area contributed by atoms with Gasteiger partial charge in [0, 0.05) is 18.6 Å². The van der Waals surface area contributed by atoms with Gasteiger partial charge in [-0.15, -0.1) is 0 Å². The summed E-state index contributed by atoms with van der Waals surface area (Å²) in [7, 11) is 0. The molecule has 2 unspecified atom stereocenters. The molecule has 0 saturated heterocycles. The van der Waals surface area contributed by atoms with Crippen molar-refractivity contribution in [3.63, 3.8) is 0 Å². The van der Waals surface area contributed by atoms with Crippen LogP contribution in [0.3, 0.4) is 0 Å². The first-order valence-electron chi connectivity index (χ1n) is 7.10. The fourth-order valence-electron chi connectivity index (χ4n) is 2.72. The molecule has 19 heavy (non-hydrogen) atoms. The van der Waals surface area contributed by atoms with E-state index in [1.165, 1.54) is 6.42 Å². The summed E-state index contributed by atoms with van der Waals surface area (Å²) in [5.41, 5.74) is 0.990. The summed E-state index contributed by atoms with van der Waals surface area (Å²) in [6.45, 7) is 3.92. The summed E-state index contributed by atoms with van der Waals surface area (Å²) in [6, 6.07) is 1.83. The van der Waals surface area contributed by atoms with Gasteiger partial charge in [0.2, 0.25) is 0 Å². The minimum atomic E-state index is -0.165. The molecule has 1 heterocycles. The molecule has 0 aliphatic heterocycles. The molecule has 0 aromatic carbocycles. The topological polar surface area (TPSA) is 62.5 Å². The smallest absolute Gasteiger partial charge is 0.287 e. The Balaban J connectivity index is 2.03. The number of aryl methyl sites for hydroxylation is 2. The molecule has 0 radical (unpaired) electrons. The minimum absolute atomic E-state index is 0.0608. The fourth-order valence-corrected chi connectivity index (χ4v) is 2.72.